The fraction of sp³-hybridized carbons (Fsp3) is 0.381. The molecule has 0 saturated heterocycles. The Morgan fingerprint density at radius 3 is 2.46 bits per heavy atom. The minimum atomic E-state index is -0.637. The molecule has 1 aliphatic rings. The first-order valence-electron chi connectivity index (χ1n) is 9.00. The number of halogens is 2. The number of benzene rings is 2. The van der Waals surface area contributed by atoms with Crippen LogP contribution in [0, 0.1) is 11.6 Å². The highest BCUT2D eigenvalue weighted by molar-refractivity contribution is 5.92. The lowest BCUT2D eigenvalue weighted by molar-refractivity contribution is -0.117. The molecule has 0 aromatic heterocycles. The molecule has 0 spiro atoms. The first-order chi connectivity index (χ1) is 12.4. The molecule has 2 aromatic rings. The van der Waals surface area contributed by atoms with Crippen molar-refractivity contribution in [3.63, 3.8) is 0 Å². The van der Waals surface area contributed by atoms with Gasteiger partial charge in [0.1, 0.15) is 11.6 Å². The molecule has 3 rings (SSSR count). The van der Waals surface area contributed by atoms with Crippen LogP contribution < -0.4 is 5.32 Å². The van der Waals surface area contributed by atoms with Crippen molar-refractivity contribution in [2.75, 3.05) is 11.9 Å². The van der Waals surface area contributed by atoms with E-state index < -0.39 is 11.6 Å². The minimum absolute atomic E-state index is 0.118. The molecule has 3 nitrogen and oxygen atoms in total. The molecule has 5 heteroatoms. The normalized spacial score (nSPS) is 14.1. The zero-order valence-corrected chi connectivity index (χ0v) is 15.1. The third-order valence-corrected chi connectivity index (χ3v) is 4.64. The summed E-state index contributed by atoms with van der Waals surface area (Å²) in [5.41, 5.74) is 2.31. The molecule has 0 radical (unpaired) electrons. The summed E-state index contributed by atoms with van der Waals surface area (Å²) in [6.07, 6.45) is 2.12. The van der Waals surface area contributed by atoms with Crippen molar-refractivity contribution in [1.82, 2.24) is 4.90 Å². The van der Waals surface area contributed by atoms with Crippen molar-refractivity contribution in [3.8, 4) is 0 Å². The van der Waals surface area contributed by atoms with Gasteiger partial charge in [0.2, 0.25) is 5.91 Å². The van der Waals surface area contributed by atoms with Crippen LogP contribution in [-0.2, 0) is 11.3 Å². The highest BCUT2D eigenvalue weighted by Gasteiger charge is 2.30. The Morgan fingerprint density at radius 2 is 1.85 bits per heavy atom. The largest absolute Gasteiger partial charge is 0.322 e. The smallest absolute Gasteiger partial charge is 0.238 e. The van der Waals surface area contributed by atoms with Gasteiger partial charge in [-0.15, -0.1) is 0 Å². The molecule has 0 aliphatic heterocycles. The molecule has 1 aliphatic carbocycles. The van der Waals surface area contributed by atoms with E-state index >= 15 is 0 Å². The number of carbonyl (C=O) groups excluding carboxylic acids is 1. The van der Waals surface area contributed by atoms with E-state index in [1.54, 1.807) is 0 Å². The van der Waals surface area contributed by atoms with Gasteiger partial charge in [-0.25, -0.2) is 8.78 Å². The van der Waals surface area contributed by atoms with E-state index in [0.29, 0.717) is 18.5 Å². The molecule has 2 aromatic carbocycles. The average molecular weight is 358 g/mol. The molecule has 138 valence electrons. The predicted molar refractivity (Wildman–Crippen MR) is 99.0 cm³/mol. The van der Waals surface area contributed by atoms with Gasteiger partial charge < -0.3 is 5.32 Å². The van der Waals surface area contributed by atoms with Gasteiger partial charge in [0, 0.05) is 18.7 Å². The molecule has 0 heterocycles. The van der Waals surface area contributed by atoms with Gasteiger partial charge >= 0.3 is 0 Å². The lowest BCUT2D eigenvalue weighted by Crippen LogP contribution is -2.34. The first-order valence-corrected chi connectivity index (χ1v) is 9.00. The van der Waals surface area contributed by atoms with Crippen molar-refractivity contribution >= 4 is 11.6 Å². The standard InChI is InChI=1S/C21H24F2N2O/c1-14(2)16-5-3-15(4-6-16)12-25(18-8-9-18)13-21(26)24-20-11-17(22)7-10-19(20)23/h3-7,10-11,14,18H,8-9,12-13H2,1-2H3,(H,24,26). The van der Waals surface area contributed by atoms with Gasteiger partial charge in [0.25, 0.3) is 0 Å². The van der Waals surface area contributed by atoms with Gasteiger partial charge in [0.05, 0.1) is 12.2 Å². The zero-order chi connectivity index (χ0) is 18.7. The monoisotopic (exact) mass is 358 g/mol. The third-order valence-electron chi connectivity index (χ3n) is 4.64. The van der Waals surface area contributed by atoms with E-state index in [1.165, 1.54) is 5.56 Å². The van der Waals surface area contributed by atoms with E-state index in [4.69, 9.17) is 0 Å². The van der Waals surface area contributed by atoms with Gasteiger partial charge in [-0.2, -0.15) is 0 Å². The quantitative estimate of drug-likeness (QED) is 0.779. The molecule has 1 saturated carbocycles. The second-order valence-electron chi connectivity index (χ2n) is 7.20. The number of rotatable bonds is 7. The van der Waals surface area contributed by atoms with Crippen LogP contribution in [0.4, 0.5) is 14.5 Å². The summed E-state index contributed by atoms with van der Waals surface area (Å²) in [6.45, 7) is 5.14. The SMILES string of the molecule is CC(C)c1ccc(CN(CC(=O)Nc2cc(F)ccc2F)C2CC2)cc1. The Hall–Kier alpha value is -2.27. The summed E-state index contributed by atoms with van der Waals surface area (Å²) in [5, 5.41) is 2.48. The lowest BCUT2D eigenvalue weighted by Gasteiger charge is -2.22. The topological polar surface area (TPSA) is 32.3 Å². The molecular formula is C21H24F2N2O. The van der Waals surface area contributed by atoms with E-state index in [1.807, 2.05) is 0 Å². The van der Waals surface area contributed by atoms with Crippen LogP contribution in [0.25, 0.3) is 0 Å². The van der Waals surface area contributed by atoms with E-state index in [2.05, 4.69) is 48.3 Å². The number of hydrogen-bond acceptors (Lipinski definition) is 2. The van der Waals surface area contributed by atoms with Gasteiger partial charge in [0.15, 0.2) is 0 Å². The van der Waals surface area contributed by atoms with Crippen molar-refractivity contribution in [1.29, 1.82) is 0 Å². The summed E-state index contributed by atoms with van der Waals surface area (Å²) in [7, 11) is 0. The number of nitrogens with one attached hydrogen (secondary N) is 1. The van der Waals surface area contributed by atoms with Crippen molar-refractivity contribution in [3.05, 3.63) is 65.2 Å². The Labute approximate surface area is 153 Å². The van der Waals surface area contributed by atoms with Crippen LogP contribution in [0.2, 0.25) is 0 Å². The van der Waals surface area contributed by atoms with E-state index in [0.717, 1.165) is 36.6 Å². The minimum Gasteiger partial charge on any atom is -0.322 e. The number of carbonyl (C=O) groups is 1. The maximum atomic E-state index is 13.7. The van der Waals surface area contributed by atoms with Crippen LogP contribution in [0.15, 0.2) is 42.5 Å². The molecule has 1 N–H and O–H groups in total. The summed E-state index contributed by atoms with van der Waals surface area (Å²) < 4.78 is 26.9. The summed E-state index contributed by atoms with van der Waals surface area (Å²) in [5.74, 6) is -1.07. The van der Waals surface area contributed by atoms with Crippen LogP contribution in [0.1, 0.15) is 43.7 Å². The summed E-state index contributed by atoms with van der Waals surface area (Å²) in [6, 6.07) is 11.8. The average Bonchev–Trinajstić information content (AvgIpc) is 3.43. The van der Waals surface area contributed by atoms with Crippen molar-refractivity contribution in [2.45, 2.75) is 45.2 Å². The van der Waals surface area contributed by atoms with Gasteiger partial charge in [-0.1, -0.05) is 38.1 Å². The van der Waals surface area contributed by atoms with Gasteiger partial charge in [-0.3, -0.25) is 9.69 Å². The highest BCUT2D eigenvalue weighted by Crippen LogP contribution is 2.28. The Balaban J connectivity index is 1.63. The molecule has 1 amide bonds. The first kappa shape index (κ1) is 18.5. The number of nitrogens with zero attached hydrogens (tertiary/aromatic N) is 1. The second-order valence-corrected chi connectivity index (χ2v) is 7.20. The number of amides is 1. The van der Waals surface area contributed by atoms with Crippen LogP contribution in [0.3, 0.4) is 0 Å². The van der Waals surface area contributed by atoms with E-state index in [-0.39, 0.29) is 18.1 Å². The maximum Gasteiger partial charge on any atom is 0.238 e. The Kier molecular flexibility index (Phi) is 5.67. The third kappa shape index (κ3) is 4.88. The summed E-state index contributed by atoms with van der Waals surface area (Å²) in [4.78, 5) is 14.4. The van der Waals surface area contributed by atoms with Crippen LogP contribution in [-0.4, -0.2) is 23.4 Å². The Morgan fingerprint density at radius 1 is 1.15 bits per heavy atom. The van der Waals surface area contributed by atoms with E-state index in [9.17, 15) is 13.6 Å². The summed E-state index contributed by atoms with van der Waals surface area (Å²) >= 11 is 0. The Bertz CT molecular complexity index is 770. The maximum absolute atomic E-state index is 13.7. The molecule has 1 fully saturated rings. The number of anilines is 1. The van der Waals surface area contributed by atoms with Gasteiger partial charge in [-0.05, 0) is 42.0 Å². The van der Waals surface area contributed by atoms with Crippen molar-refractivity contribution in [2.24, 2.45) is 0 Å². The number of hydrogen-bond donors (Lipinski definition) is 1. The van der Waals surface area contributed by atoms with Crippen LogP contribution in [0.5, 0.6) is 0 Å². The molecule has 0 unspecified atom stereocenters. The molecule has 0 atom stereocenters. The fourth-order valence-electron chi connectivity index (χ4n) is 2.96. The second kappa shape index (κ2) is 7.96. The lowest BCUT2D eigenvalue weighted by atomic mass is 10.0. The highest BCUT2D eigenvalue weighted by atomic mass is 19.1. The zero-order valence-electron chi connectivity index (χ0n) is 15.1. The molecular weight excluding hydrogens is 334 g/mol. The predicted octanol–water partition coefficient (Wildman–Crippen LogP) is 4.69. The molecule has 0 bridgehead atoms. The van der Waals surface area contributed by atoms with Crippen LogP contribution >= 0.6 is 0 Å². The molecule has 26 heavy (non-hydrogen) atoms. The fourth-order valence-corrected chi connectivity index (χ4v) is 2.96. The van der Waals surface area contributed by atoms with Crippen molar-refractivity contribution < 1.29 is 13.6 Å².